The molecule has 192 valence electrons. The first kappa shape index (κ1) is 23.8. The molecule has 4 aromatic rings. The van der Waals surface area contributed by atoms with Crippen LogP contribution in [0.1, 0.15) is 44.1 Å². The third-order valence-electron chi connectivity index (χ3n) is 7.16. The maximum absolute atomic E-state index is 13.2. The van der Waals surface area contributed by atoms with Crippen molar-refractivity contribution in [3.8, 4) is 0 Å². The van der Waals surface area contributed by atoms with Crippen LogP contribution >= 0.6 is 0 Å². The molecule has 3 heterocycles. The number of nitrogens with zero attached hydrogens (tertiary/aromatic N) is 6. The molecule has 0 unspecified atom stereocenters. The number of pyridine rings is 1. The molecule has 10 heteroatoms. The minimum absolute atomic E-state index is 0.0527. The highest BCUT2D eigenvalue weighted by molar-refractivity contribution is 6.26. The highest BCUT2D eigenvalue weighted by Gasteiger charge is 2.38. The van der Waals surface area contributed by atoms with Crippen LogP contribution in [0, 0.1) is 11.0 Å². The Kier molecular flexibility index (Phi) is 6.07. The zero-order valence-electron chi connectivity index (χ0n) is 20.6. The van der Waals surface area contributed by atoms with Gasteiger partial charge in [0.25, 0.3) is 0 Å². The van der Waals surface area contributed by atoms with E-state index >= 15 is 0 Å². The topological polar surface area (TPSA) is 98.3 Å². The number of piperazine rings is 1. The quantitative estimate of drug-likeness (QED) is 0.255. The van der Waals surface area contributed by atoms with Gasteiger partial charge in [-0.1, -0.05) is 30.3 Å². The van der Waals surface area contributed by atoms with Crippen LogP contribution in [0.15, 0.2) is 66.9 Å². The molecule has 1 aliphatic carbocycles. The van der Waals surface area contributed by atoms with E-state index in [1.54, 1.807) is 36.4 Å². The van der Waals surface area contributed by atoms with Crippen molar-refractivity contribution in [2.24, 2.45) is 0 Å². The molecule has 1 fully saturated rings. The maximum Gasteiger partial charge on any atom is 0.220 e. The van der Waals surface area contributed by atoms with Crippen LogP contribution in [-0.4, -0.2) is 52.5 Å². The molecule has 0 spiro atoms. The lowest BCUT2D eigenvalue weighted by atomic mass is 9.90. The van der Waals surface area contributed by atoms with Gasteiger partial charge < -0.3 is 15.0 Å². The molecule has 2 aliphatic rings. The van der Waals surface area contributed by atoms with Gasteiger partial charge in [0.15, 0.2) is 5.69 Å². The summed E-state index contributed by atoms with van der Waals surface area (Å²) < 4.78 is 14.4. The highest BCUT2D eigenvalue weighted by atomic mass is 19.1. The number of rotatable bonds is 6. The zero-order chi connectivity index (χ0) is 26.2. The molecule has 0 bridgehead atoms. The molecule has 0 amide bonds. The average molecular weight is 513 g/mol. The Labute approximate surface area is 218 Å². The number of aryl methyl sites for hydroxylation is 1. The standard InChI is InChI=1S/C28H25FN6O3/c29-20-8-10-21(11-9-20)32-14-16-33(17-15-32)24-12-7-19(18-30-24)4-3-13-34-26-25(31-35(34)38)27(36)22-5-1-2-6-23(22)28(26)37/h1-2,5-12,18H,3-4,13-17H2. The first-order chi connectivity index (χ1) is 18.5. The number of benzene rings is 2. The van der Waals surface area contributed by atoms with E-state index in [1.165, 1.54) is 16.8 Å². The Balaban J connectivity index is 1.07. The summed E-state index contributed by atoms with van der Waals surface area (Å²) in [5.74, 6) is -0.0984. The number of ketones is 2. The molecular weight excluding hydrogens is 487 g/mol. The Morgan fingerprint density at radius 1 is 0.868 bits per heavy atom. The third kappa shape index (κ3) is 4.27. The molecule has 0 N–H and O–H groups in total. The van der Waals surface area contributed by atoms with Crippen LogP contribution in [0.2, 0.25) is 0 Å². The average Bonchev–Trinajstić information content (AvgIpc) is 3.29. The maximum atomic E-state index is 13.2. The number of hydrogen-bond acceptors (Lipinski definition) is 7. The van der Waals surface area contributed by atoms with E-state index in [4.69, 9.17) is 0 Å². The number of hydrogen-bond donors (Lipinski definition) is 0. The van der Waals surface area contributed by atoms with Crippen LogP contribution in [-0.2, 0) is 13.0 Å². The fraction of sp³-hybridized carbons (Fsp3) is 0.250. The predicted octanol–water partition coefficient (Wildman–Crippen LogP) is 2.79. The number of carbonyl (C=O) groups is 2. The van der Waals surface area contributed by atoms with E-state index in [0.717, 1.165) is 43.2 Å². The number of anilines is 2. The van der Waals surface area contributed by atoms with Crippen molar-refractivity contribution in [1.29, 1.82) is 0 Å². The van der Waals surface area contributed by atoms with Gasteiger partial charge in [0.2, 0.25) is 17.3 Å². The van der Waals surface area contributed by atoms with Gasteiger partial charge in [-0.25, -0.2) is 9.37 Å². The molecule has 0 atom stereocenters. The molecule has 6 rings (SSSR count). The van der Waals surface area contributed by atoms with Crippen LogP contribution in [0.4, 0.5) is 15.9 Å². The van der Waals surface area contributed by atoms with Crippen molar-refractivity contribution in [2.45, 2.75) is 19.4 Å². The number of fused-ring (bicyclic) bond motifs is 2. The smallest absolute Gasteiger partial charge is 0.220 e. The lowest BCUT2D eigenvalue weighted by Crippen LogP contribution is -2.46. The van der Waals surface area contributed by atoms with Gasteiger partial charge in [0, 0.05) is 59.2 Å². The molecule has 1 saturated heterocycles. The zero-order valence-corrected chi connectivity index (χ0v) is 20.6. The van der Waals surface area contributed by atoms with Gasteiger partial charge in [0.1, 0.15) is 11.6 Å². The molecular formula is C28H25FN6O3. The van der Waals surface area contributed by atoms with Gasteiger partial charge >= 0.3 is 0 Å². The predicted molar refractivity (Wildman–Crippen MR) is 138 cm³/mol. The van der Waals surface area contributed by atoms with Crippen molar-refractivity contribution in [1.82, 2.24) is 14.8 Å². The summed E-state index contributed by atoms with van der Waals surface area (Å²) >= 11 is 0. The van der Waals surface area contributed by atoms with Crippen LogP contribution in [0.5, 0.6) is 0 Å². The summed E-state index contributed by atoms with van der Waals surface area (Å²) in [6.07, 6.45) is 3.06. The normalized spacial score (nSPS) is 15.0. The summed E-state index contributed by atoms with van der Waals surface area (Å²) in [6.45, 7) is 3.53. The second-order valence-corrected chi connectivity index (χ2v) is 9.46. The Bertz CT molecular complexity index is 1510. The fourth-order valence-corrected chi connectivity index (χ4v) is 5.13. The minimum Gasteiger partial charge on any atom is -0.571 e. The van der Waals surface area contributed by atoms with Gasteiger partial charge in [-0.3, -0.25) is 9.59 Å². The van der Waals surface area contributed by atoms with E-state index in [1.807, 2.05) is 18.3 Å². The second kappa shape index (κ2) is 9.70. The van der Waals surface area contributed by atoms with Crippen LogP contribution in [0.25, 0.3) is 0 Å². The van der Waals surface area contributed by atoms with Gasteiger partial charge in [-0.2, -0.15) is 0 Å². The summed E-state index contributed by atoms with van der Waals surface area (Å²) in [5.41, 5.74) is 2.57. The molecule has 9 nitrogen and oxygen atoms in total. The SMILES string of the molecule is O=C1c2ccccc2C(=O)c2c1n[n+]([O-])n2CCCc1ccc(N2CCN(c3ccc(F)cc3)CC2)nc1. The summed E-state index contributed by atoms with van der Waals surface area (Å²) in [4.78, 5) is 35.2. The minimum atomic E-state index is -0.406. The van der Waals surface area contributed by atoms with Crippen LogP contribution in [0.3, 0.4) is 0 Å². The number of aromatic nitrogens is 4. The van der Waals surface area contributed by atoms with Crippen molar-refractivity contribution in [3.63, 3.8) is 0 Å². The molecule has 2 aromatic carbocycles. The van der Waals surface area contributed by atoms with E-state index in [2.05, 4.69) is 19.9 Å². The van der Waals surface area contributed by atoms with Crippen molar-refractivity contribution in [3.05, 3.63) is 106 Å². The Hall–Kier alpha value is -4.60. The fourth-order valence-electron chi connectivity index (χ4n) is 5.13. The van der Waals surface area contributed by atoms with E-state index in [-0.39, 0.29) is 35.1 Å². The van der Waals surface area contributed by atoms with E-state index in [0.29, 0.717) is 23.4 Å². The van der Waals surface area contributed by atoms with Crippen molar-refractivity contribution < 1.29 is 18.9 Å². The van der Waals surface area contributed by atoms with E-state index in [9.17, 15) is 19.2 Å². The van der Waals surface area contributed by atoms with E-state index < -0.39 is 5.78 Å². The third-order valence-corrected chi connectivity index (χ3v) is 7.16. The first-order valence-electron chi connectivity index (χ1n) is 12.6. The molecule has 0 saturated carbocycles. The molecule has 2 aromatic heterocycles. The largest absolute Gasteiger partial charge is 0.571 e. The van der Waals surface area contributed by atoms with Crippen molar-refractivity contribution in [2.75, 3.05) is 36.0 Å². The Morgan fingerprint density at radius 3 is 2.24 bits per heavy atom. The molecule has 38 heavy (non-hydrogen) atoms. The number of carbonyl (C=O) groups excluding carboxylic acids is 2. The molecule has 1 aliphatic heterocycles. The summed E-state index contributed by atoms with van der Waals surface area (Å²) in [6, 6.07) is 17.1. The number of halogens is 1. The Morgan fingerprint density at radius 2 is 1.55 bits per heavy atom. The first-order valence-corrected chi connectivity index (χ1v) is 12.6. The lowest BCUT2D eigenvalue weighted by molar-refractivity contribution is -0.749. The summed E-state index contributed by atoms with van der Waals surface area (Å²) in [7, 11) is 0. The highest BCUT2D eigenvalue weighted by Crippen LogP contribution is 2.25. The van der Waals surface area contributed by atoms with Gasteiger partial charge in [0.05, 0.1) is 6.54 Å². The lowest BCUT2D eigenvalue weighted by Gasteiger charge is -2.36. The van der Waals surface area contributed by atoms with Gasteiger partial charge in [-0.05, 0) is 48.7 Å². The monoisotopic (exact) mass is 512 g/mol. The van der Waals surface area contributed by atoms with Crippen molar-refractivity contribution >= 4 is 23.1 Å². The molecule has 0 radical (unpaired) electrons. The second-order valence-electron chi connectivity index (χ2n) is 9.46. The van der Waals surface area contributed by atoms with Gasteiger partial charge in [-0.15, -0.1) is 4.68 Å². The van der Waals surface area contributed by atoms with Crippen LogP contribution < -0.4 is 14.8 Å². The summed E-state index contributed by atoms with van der Waals surface area (Å²) in [5, 5.41) is 16.3.